The molecule has 4 rings (SSSR count). The van der Waals surface area contributed by atoms with Crippen molar-refractivity contribution < 1.29 is 19.3 Å². The third-order valence-corrected chi connectivity index (χ3v) is 6.41. The zero-order valence-electron chi connectivity index (χ0n) is 17.0. The second kappa shape index (κ2) is 8.25. The van der Waals surface area contributed by atoms with E-state index in [0.29, 0.717) is 19.6 Å². The topological polar surface area (TPSA) is 51.2 Å². The van der Waals surface area contributed by atoms with Crippen molar-refractivity contribution in [3.8, 4) is 0 Å². The smallest absolute Gasteiger partial charge is 0.286 e. The second-order valence-corrected chi connectivity index (χ2v) is 8.76. The zero-order chi connectivity index (χ0) is 19.6. The Balaban J connectivity index is 1.33. The lowest BCUT2D eigenvalue weighted by Gasteiger charge is -2.40. The van der Waals surface area contributed by atoms with E-state index in [2.05, 4.69) is 43.0 Å². The van der Waals surface area contributed by atoms with Gasteiger partial charge in [0.1, 0.15) is 0 Å². The molecule has 3 saturated heterocycles. The first kappa shape index (κ1) is 20.0. The van der Waals surface area contributed by atoms with Crippen LogP contribution in [0.1, 0.15) is 45.1 Å². The number of hydrogen-bond donors (Lipinski definition) is 1. The molecular weight excluding hydrogens is 354 g/mol. The van der Waals surface area contributed by atoms with Crippen molar-refractivity contribution in [2.75, 3.05) is 26.3 Å². The van der Waals surface area contributed by atoms with Gasteiger partial charge in [-0.25, -0.2) is 0 Å². The van der Waals surface area contributed by atoms with Gasteiger partial charge in [0.25, 0.3) is 5.97 Å². The second-order valence-electron chi connectivity index (χ2n) is 8.76. The number of nitrogens with zero attached hydrogens (tertiary/aromatic N) is 1. The highest BCUT2D eigenvalue weighted by Crippen LogP contribution is 2.45. The van der Waals surface area contributed by atoms with Crippen LogP contribution in [-0.2, 0) is 14.2 Å². The molecule has 1 aromatic carbocycles. The molecule has 1 N–H and O–H groups in total. The molecule has 3 aliphatic heterocycles. The van der Waals surface area contributed by atoms with Crippen molar-refractivity contribution in [1.82, 2.24) is 4.90 Å². The van der Waals surface area contributed by atoms with Crippen LogP contribution >= 0.6 is 0 Å². The first-order valence-electron chi connectivity index (χ1n) is 10.6. The number of fused-ring (bicyclic) bond motifs is 2. The number of aliphatic hydroxyl groups excluding tert-OH is 1. The van der Waals surface area contributed by atoms with E-state index in [0.717, 1.165) is 32.4 Å². The molecule has 3 aliphatic rings. The van der Waals surface area contributed by atoms with E-state index in [1.54, 1.807) is 0 Å². The van der Waals surface area contributed by atoms with Gasteiger partial charge in [0.15, 0.2) is 0 Å². The number of hydrogen-bond acceptors (Lipinski definition) is 5. The first-order chi connectivity index (χ1) is 13.5. The Morgan fingerprint density at radius 2 is 2.11 bits per heavy atom. The third kappa shape index (κ3) is 4.19. The normalized spacial score (nSPS) is 35.5. The summed E-state index contributed by atoms with van der Waals surface area (Å²) in [5.41, 5.74) is 0.957. The minimum absolute atomic E-state index is 0.0214. The van der Waals surface area contributed by atoms with Crippen LogP contribution in [0.2, 0.25) is 0 Å². The highest BCUT2D eigenvalue weighted by molar-refractivity contribution is 5.48. The van der Waals surface area contributed by atoms with Crippen LogP contribution in [0, 0.1) is 5.92 Å². The Kier molecular flexibility index (Phi) is 5.91. The Labute approximate surface area is 168 Å². The van der Waals surface area contributed by atoms with E-state index in [4.69, 9.17) is 14.2 Å². The number of rotatable bonds is 7. The summed E-state index contributed by atoms with van der Waals surface area (Å²) in [6.45, 7) is 7.25. The van der Waals surface area contributed by atoms with Gasteiger partial charge in [-0.3, -0.25) is 4.90 Å². The van der Waals surface area contributed by atoms with Crippen molar-refractivity contribution in [1.29, 1.82) is 0 Å². The predicted molar refractivity (Wildman–Crippen MR) is 109 cm³/mol. The molecule has 3 heterocycles. The monoisotopic (exact) mass is 387 g/mol. The molecule has 3 fully saturated rings. The van der Waals surface area contributed by atoms with E-state index in [1.165, 1.54) is 5.56 Å². The van der Waals surface area contributed by atoms with Gasteiger partial charge in [0, 0.05) is 24.9 Å². The fraction of sp³-hybridized carbons (Fsp3) is 0.652. The lowest BCUT2D eigenvalue weighted by atomic mass is 9.94. The molecule has 0 spiro atoms. The Hall–Kier alpha value is -1.24. The van der Waals surface area contributed by atoms with Crippen LogP contribution < -0.4 is 0 Å². The van der Waals surface area contributed by atoms with Crippen LogP contribution in [0.3, 0.4) is 0 Å². The SMILES string of the molecule is CC(C[C@H](O)[C@@H]1CCCN1C/C=C/c1ccccc1)C12OCCC(C)(CO1)O2. The fourth-order valence-corrected chi connectivity index (χ4v) is 4.71. The average Bonchev–Trinajstić information content (AvgIpc) is 3.25. The molecule has 0 radical (unpaired) electrons. The van der Waals surface area contributed by atoms with Crippen LogP contribution in [0.25, 0.3) is 6.08 Å². The maximum Gasteiger partial charge on any atom is 0.286 e. The summed E-state index contributed by atoms with van der Waals surface area (Å²) in [7, 11) is 0. The van der Waals surface area contributed by atoms with Crippen LogP contribution in [0.5, 0.6) is 0 Å². The molecule has 28 heavy (non-hydrogen) atoms. The van der Waals surface area contributed by atoms with Gasteiger partial charge < -0.3 is 19.3 Å². The molecule has 0 aromatic heterocycles. The fourth-order valence-electron chi connectivity index (χ4n) is 4.71. The molecule has 3 unspecified atom stereocenters. The molecule has 154 valence electrons. The summed E-state index contributed by atoms with van der Waals surface area (Å²) in [4.78, 5) is 2.39. The minimum Gasteiger partial charge on any atom is -0.391 e. The van der Waals surface area contributed by atoms with Gasteiger partial charge in [-0.2, -0.15) is 0 Å². The summed E-state index contributed by atoms with van der Waals surface area (Å²) in [5.74, 6) is -1.00. The number of likely N-dealkylation sites (tertiary alicyclic amines) is 1. The largest absolute Gasteiger partial charge is 0.391 e. The minimum atomic E-state index is -0.982. The molecule has 5 atom stereocenters. The number of benzene rings is 1. The molecule has 0 saturated carbocycles. The summed E-state index contributed by atoms with van der Waals surface area (Å²) in [6.07, 6.45) is 7.55. The molecule has 2 bridgehead atoms. The number of ether oxygens (including phenoxy) is 3. The Morgan fingerprint density at radius 3 is 2.93 bits per heavy atom. The Morgan fingerprint density at radius 1 is 1.29 bits per heavy atom. The van der Waals surface area contributed by atoms with Gasteiger partial charge >= 0.3 is 0 Å². The van der Waals surface area contributed by atoms with Gasteiger partial charge in [-0.15, -0.1) is 0 Å². The molecule has 5 heteroatoms. The van der Waals surface area contributed by atoms with Gasteiger partial charge in [0.05, 0.1) is 24.9 Å². The van der Waals surface area contributed by atoms with Crippen molar-refractivity contribution in [3.63, 3.8) is 0 Å². The van der Waals surface area contributed by atoms with Gasteiger partial charge in [-0.1, -0.05) is 49.4 Å². The van der Waals surface area contributed by atoms with Crippen LogP contribution in [0.4, 0.5) is 0 Å². The highest BCUT2D eigenvalue weighted by atomic mass is 16.9. The average molecular weight is 388 g/mol. The first-order valence-corrected chi connectivity index (χ1v) is 10.6. The summed E-state index contributed by atoms with van der Waals surface area (Å²) >= 11 is 0. The van der Waals surface area contributed by atoms with Crippen molar-refractivity contribution >= 4 is 6.08 Å². The number of aliphatic hydroxyl groups is 1. The van der Waals surface area contributed by atoms with Crippen molar-refractivity contribution in [3.05, 3.63) is 42.0 Å². The third-order valence-electron chi connectivity index (χ3n) is 6.41. The molecule has 0 aliphatic carbocycles. The maximum atomic E-state index is 11.0. The van der Waals surface area contributed by atoms with E-state index in [-0.39, 0.29) is 17.6 Å². The lowest BCUT2D eigenvalue weighted by Crippen LogP contribution is -2.50. The molecule has 1 aromatic rings. The molecule has 5 nitrogen and oxygen atoms in total. The summed E-state index contributed by atoms with van der Waals surface area (Å²) < 4.78 is 18.0. The van der Waals surface area contributed by atoms with Crippen LogP contribution in [-0.4, -0.2) is 60.0 Å². The lowest BCUT2D eigenvalue weighted by molar-refractivity contribution is -0.390. The van der Waals surface area contributed by atoms with Crippen molar-refractivity contribution in [2.24, 2.45) is 5.92 Å². The standard InChI is InChI=1S/C23H33NO4/c1-18(23-26-15-12-22(2,28-23)17-27-23)16-21(25)20-11-7-14-24(20)13-6-10-19-8-4-3-5-9-19/h3-6,8-10,18,20-21,25H,7,11-17H2,1-2H3/b10-6+/t18?,20-,21-,22?,23?/m0/s1. The molecule has 0 amide bonds. The van der Waals surface area contributed by atoms with Crippen molar-refractivity contribution in [2.45, 2.75) is 63.3 Å². The summed E-state index contributed by atoms with van der Waals surface area (Å²) in [6, 6.07) is 10.5. The Bertz CT molecular complexity index is 680. The highest BCUT2D eigenvalue weighted by Gasteiger charge is 2.56. The van der Waals surface area contributed by atoms with E-state index in [9.17, 15) is 5.11 Å². The van der Waals surface area contributed by atoms with E-state index < -0.39 is 12.1 Å². The molecular formula is C23H33NO4. The zero-order valence-corrected chi connectivity index (χ0v) is 17.0. The quantitative estimate of drug-likeness (QED) is 0.777. The van der Waals surface area contributed by atoms with Gasteiger partial charge in [0.2, 0.25) is 0 Å². The van der Waals surface area contributed by atoms with Gasteiger partial charge in [-0.05, 0) is 38.3 Å². The van der Waals surface area contributed by atoms with Crippen LogP contribution in [0.15, 0.2) is 36.4 Å². The predicted octanol–water partition coefficient (Wildman–Crippen LogP) is 3.43. The maximum absolute atomic E-state index is 11.0. The summed E-state index contributed by atoms with van der Waals surface area (Å²) in [5, 5.41) is 11.0. The van der Waals surface area contributed by atoms with E-state index in [1.807, 2.05) is 18.2 Å². The van der Waals surface area contributed by atoms with E-state index >= 15 is 0 Å².